The number of halogens is 1. The molecule has 0 bridgehead atoms. The van der Waals surface area contributed by atoms with E-state index in [9.17, 15) is 4.39 Å². The van der Waals surface area contributed by atoms with Gasteiger partial charge in [-0.05, 0) is 60.2 Å². The van der Waals surface area contributed by atoms with E-state index in [2.05, 4.69) is 12.1 Å². The summed E-state index contributed by atoms with van der Waals surface area (Å²) < 4.78 is 15.3. The molecule has 3 aromatic carbocycles. The van der Waals surface area contributed by atoms with Crippen molar-refractivity contribution in [1.82, 2.24) is 9.55 Å². The van der Waals surface area contributed by atoms with Gasteiger partial charge in [-0.15, -0.1) is 0 Å². The summed E-state index contributed by atoms with van der Waals surface area (Å²) in [6.07, 6.45) is 0. The second-order valence-electron chi connectivity index (χ2n) is 6.15. The first-order chi connectivity index (χ1) is 13.2. The van der Waals surface area contributed by atoms with Crippen LogP contribution < -0.4 is 0 Å². The second-order valence-corrected chi connectivity index (χ2v) is 6.15. The maximum atomic E-state index is 13.2. The van der Waals surface area contributed by atoms with Gasteiger partial charge in [0.05, 0.1) is 34.3 Å². The van der Waals surface area contributed by atoms with Gasteiger partial charge in [-0.1, -0.05) is 12.1 Å². The summed E-state index contributed by atoms with van der Waals surface area (Å²) in [5.41, 5.74) is 4.53. The van der Waals surface area contributed by atoms with Gasteiger partial charge in [0.1, 0.15) is 11.6 Å². The van der Waals surface area contributed by atoms with E-state index < -0.39 is 0 Å². The highest BCUT2D eigenvalue weighted by Crippen LogP contribution is 2.27. The summed E-state index contributed by atoms with van der Waals surface area (Å²) in [6.45, 7) is 0.512. The van der Waals surface area contributed by atoms with Crippen LogP contribution in [-0.4, -0.2) is 9.55 Å². The molecule has 0 aliphatic heterocycles. The third-order valence-electron chi connectivity index (χ3n) is 4.40. The van der Waals surface area contributed by atoms with Crippen molar-refractivity contribution in [1.29, 1.82) is 10.5 Å². The quantitative estimate of drug-likeness (QED) is 0.540. The zero-order valence-electron chi connectivity index (χ0n) is 14.2. The molecule has 4 rings (SSSR count). The second kappa shape index (κ2) is 6.74. The summed E-state index contributed by atoms with van der Waals surface area (Å²) >= 11 is 0. The van der Waals surface area contributed by atoms with Gasteiger partial charge >= 0.3 is 0 Å². The molecule has 0 saturated carbocycles. The van der Waals surface area contributed by atoms with Crippen LogP contribution in [0.4, 0.5) is 4.39 Å². The van der Waals surface area contributed by atoms with Gasteiger partial charge in [0.2, 0.25) is 0 Å². The molecular formula is C22H13FN4. The van der Waals surface area contributed by atoms with E-state index in [1.165, 1.54) is 12.1 Å². The summed E-state index contributed by atoms with van der Waals surface area (Å²) in [7, 11) is 0. The standard InChI is InChI=1S/C22H13FN4/c23-19-8-3-16(4-9-19)14-27-21-10-5-17(13-25)11-20(21)26-22(27)18-6-1-15(12-24)2-7-18/h1-11H,14H2. The molecule has 0 fully saturated rings. The number of nitriles is 2. The molecular weight excluding hydrogens is 339 g/mol. The SMILES string of the molecule is N#Cc1ccc(-c2nc3cc(C#N)ccc3n2Cc2ccc(F)cc2)cc1. The Balaban J connectivity index is 1.88. The van der Waals surface area contributed by atoms with Crippen LogP contribution in [0.1, 0.15) is 16.7 Å². The highest BCUT2D eigenvalue weighted by atomic mass is 19.1. The number of rotatable bonds is 3. The zero-order valence-corrected chi connectivity index (χ0v) is 14.2. The Hall–Kier alpha value is -3.96. The van der Waals surface area contributed by atoms with Crippen LogP contribution in [-0.2, 0) is 6.54 Å². The molecule has 0 aliphatic carbocycles. The summed E-state index contributed by atoms with van der Waals surface area (Å²) in [5.74, 6) is 0.453. The Labute approximate surface area is 155 Å². The third-order valence-corrected chi connectivity index (χ3v) is 4.40. The molecule has 0 saturated heterocycles. The van der Waals surface area contributed by atoms with E-state index in [0.717, 1.165) is 28.0 Å². The topological polar surface area (TPSA) is 65.4 Å². The van der Waals surface area contributed by atoms with E-state index in [4.69, 9.17) is 15.5 Å². The third kappa shape index (κ3) is 3.15. The van der Waals surface area contributed by atoms with Gasteiger partial charge < -0.3 is 4.57 Å². The lowest BCUT2D eigenvalue weighted by Crippen LogP contribution is -2.02. The Kier molecular flexibility index (Phi) is 4.12. The first kappa shape index (κ1) is 16.5. The van der Waals surface area contributed by atoms with E-state index in [-0.39, 0.29) is 5.82 Å². The van der Waals surface area contributed by atoms with Crippen molar-refractivity contribution in [2.24, 2.45) is 0 Å². The minimum absolute atomic E-state index is 0.278. The molecule has 0 N–H and O–H groups in total. The van der Waals surface area contributed by atoms with Crippen molar-refractivity contribution in [3.05, 3.63) is 89.2 Å². The Bertz CT molecular complexity index is 1210. The predicted molar refractivity (Wildman–Crippen MR) is 100 cm³/mol. The van der Waals surface area contributed by atoms with Crippen LogP contribution in [0.2, 0.25) is 0 Å². The fourth-order valence-electron chi connectivity index (χ4n) is 3.05. The highest BCUT2D eigenvalue weighted by molar-refractivity contribution is 5.82. The summed E-state index contributed by atoms with van der Waals surface area (Å²) in [4.78, 5) is 4.72. The molecule has 0 atom stereocenters. The van der Waals surface area contributed by atoms with Gasteiger partial charge in [0.25, 0.3) is 0 Å². The van der Waals surface area contributed by atoms with Crippen LogP contribution in [0.3, 0.4) is 0 Å². The van der Waals surface area contributed by atoms with Crippen molar-refractivity contribution in [2.45, 2.75) is 6.54 Å². The van der Waals surface area contributed by atoms with Gasteiger partial charge in [-0.25, -0.2) is 9.37 Å². The molecule has 0 unspecified atom stereocenters. The van der Waals surface area contributed by atoms with Gasteiger partial charge in [0, 0.05) is 12.1 Å². The van der Waals surface area contributed by atoms with Crippen LogP contribution in [0, 0.1) is 28.5 Å². The van der Waals surface area contributed by atoms with Gasteiger partial charge in [-0.2, -0.15) is 10.5 Å². The fourth-order valence-corrected chi connectivity index (χ4v) is 3.05. The van der Waals surface area contributed by atoms with Crippen molar-refractivity contribution >= 4 is 11.0 Å². The number of fused-ring (bicyclic) bond motifs is 1. The van der Waals surface area contributed by atoms with E-state index in [1.807, 2.05) is 22.8 Å². The van der Waals surface area contributed by atoms with Crippen molar-refractivity contribution < 1.29 is 4.39 Å². The lowest BCUT2D eigenvalue weighted by Gasteiger charge is -2.10. The van der Waals surface area contributed by atoms with Crippen molar-refractivity contribution in [3.63, 3.8) is 0 Å². The largest absolute Gasteiger partial charge is 0.319 e. The molecule has 1 aromatic heterocycles. The molecule has 0 amide bonds. The van der Waals surface area contributed by atoms with Crippen molar-refractivity contribution in [2.75, 3.05) is 0 Å². The number of hydrogen-bond acceptors (Lipinski definition) is 3. The lowest BCUT2D eigenvalue weighted by atomic mass is 10.1. The molecule has 5 heteroatoms. The molecule has 128 valence electrons. The average Bonchev–Trinajstić information content (AvgIpc) is 3.07. The maximum Gasteiger partial charge on any atom is 0.141 e. The normalized spacial score (nSPS) is 10.5. The fraction of sp³-hybridized carbons (Fsp3) is 0.0455. The van der Waals surface area contributed by atoms with Crippen LogP contribution >= 0.6 is 0 Å². The van der Waals surface area contributed by atoms with Gasteiger partial charge in [0.15, 0.2) is 0 Å². The Morgan fingerprint density at radius 1 is 0.852 bits per heavy atom. The zero-order chi connectivity index (χ0) is 18.8. The minimum Gasteiger partial charge on any atom is -0.319 e. The lowest BCUT2D eigenvalue weighted by molar-refractivity contribution is 0.626. The molecule has 1 heterocycles. The maximum absolute atomic E-state index is 13.2. The Morgan fingerprint density at radius 2 is 1.52 bits per heavy atom. The van der Waals surface area contributed by atoms with Gasteiger partial charge in [-0.3, -0.25) is 0 Å². The average molecular weight is 352 g/mol. The van der Waals surface area contributed by atoms with Crippen LogP contribution in [0.5, 0.6) is 0 Å². The molecule has 0 aliphatic rings. The molecule has 27 heavy (non-hydrogen) atoms. The van der Waals surface area contributed by atoms with E-state index >= 15 is 0 Å². The minimum atomic E-state index is -0.278. The first-order valence-electron chi connectivity index (χ1n) is 8.33. The molecule has 4 nitrogen and oxygen atoms in total. The highest BCUT2D eigenvalue weighted by Gasteiger charge is 2.14. The molecule has 0 radical (unpaired) electrons. The van der Waals surface area contributed by atoms with E-state index in [1.54, 1.807) is 36.4 Å². The number of benzene rings is 3. The number of imidazole rings is 1. The van der Waals surface area contributed by atoms with Crippen LogP contribution in [0.25, 0.3) is 22.4 Å². The smallest absolute Gasteiger partial charge is 0.141 e. The predicted octanol–water partition coefficient (Wildman–Crippen LogP) is 4.63. The summed E-state index contributed by atoms with van der Waals surface area (Å²) in [6, 6.07) is 23.2. The molecule has 4 aromatic rings. The van der Waals surface area contributed by atoms with Crippen molar-refractivity contribution in [3.8, 4) is 23.5 Å². The Morgan fingerprint density at radius 3 is 2.19 bits per heavy atom. The molecule has 0 spiro atoms. The first-order valence-corrected chi connectivity index (χ1v) is 8.33. The number of aromatic nitrogens is 2. The number of nitrogens with zero attached hydrogens (tertiary/aromatic N) is 4. The summed E-state index contributed by atoms with van der Waals surface area (Å²) in [5, 5.41) is 18.2. The monoisotopic (exact) mass is 352 g/mol. The van der Waals surface area contributed by atoms with Crippen LogP contribution in [0.15, 0.2) is 66.7 Å². The number of hydrogen-bond donors (Lipinski definition) is 0. The van der Waals surface area contributed by atoms with E-state index in [0.29, 0.717) is 17.7 Å².